The summed E-state index contributed by atoms with van der Waals surface area (Å²) in [6.45, 7) is 24.1. The van der Waals surface area contributed by atoms with Gasteiger partial charge in [0.25, 0.3) is 0 Å². The predicted octanol–water partition coefficient (Wildman–Crippen LogP) is 7.24. The first-order valence-electron chi connectivity index (χ1n) is 10.7. The summed E-state index contributed by atoms with van der Waals surface area (Å²) in [5, 5.41) is 0. The van der Waals surface area contributed by atoms with Crippen LogP contribution in [0.15, 0.2) is 86.2 Å². The Morgan fingerprint density at radius 3 is 1.23 bits per heavy atom. The highest BCUT2D eigenvalue weighted by Gasteiger charge is 2.42. The van der Waals surface area contributed by atoms with E-state index < -0.39 is 19.8 Å². The zero-order chi connectivity index (χ0) is 23.1. The molecule has 0 atom stereocenters. The van der Waals surface area contributed by atoms with Gasteiger partial charge in [-0.3, -0.25) is 0 Å². The van der Waals surface area contributed by atoms with Gasteiger partial charge < -0.3 is 8.85 Å². The first-order valence-corrected chi connectivity index (χ1v) is 12.6. The van der Waals surface area contributed by atoms with E-state index in [0.29, 0.717) is 0 Å². The van der Waals surface area contributed by atoms with Crippen molar-refractivity contribution in [1.29, 1.82) is 0 Å². The highest BCUT2D eigenvalue weighted by atomic mass is 28.4. The van der Waals surface area contributed by atoms with E-state index in [1.807, 2.05) is 23.6 Å². The Labute approximate surface area is 189 Å². The Balaban J connectivity index is 2.15. The van der Waals surface area contributed by atoms with Gasteiger partial charge in [0.1, 0.15) is 0 Å². The van der Waals surface area contributed by atoms with Crippen LogP contribution in [-0.2, 0) is 21.7 Å². The van der Waals surface area contributed by atoms with Crippen LogP contribution in [0.1, 0.15) is 49.9 Å². The highest BCUT2D eigenvalue weighted by Crippen LogP contribution is 2.30. The van der Waals surface area contributed by atoms with E-state index in [2.05, 4.69) is 103 Å². The quantitative estimate of drug-likeness (QED) is 0.329. The minimum atomic E-state index is -2.86. The van der Waals surface area contributed by atoms with E-state index >= 15 is 0 Å². The van der Waals surface area contributed by atoms with Gasteiger partial charge in [0.2, 0.25) is 0 Å². The number of hydrogen-bond acceptors (Lipinski definition) is 2. The number of hydrogen-bond donors (Lipinski definition) is 0. The standard InChI is InChI=1S/C28H36O2Si/c1-9-23-13-17-25(18-14-23)21-27(5,6)29-31(11-3,12-4)30-28(7,8)22-26-19-15-24(10-2)16-20-26/h9-20H,1-4,21-22H2,5-8H3. The molecule has 0 amide bonds. The lowest BCUT2D eigenvalue weighted by Crippen LogP contribution is -2.52. The zero-order valence-electron chi connectivity index (χ0n) is 19.5. The maximum absolute atomic E-state index is 6.64. The van der Waals surface area contributed by atoms with Crippen LogP contribution in [0.3, 0.4) is 0 Å². The van der Waals surface area contributed by atoms with Crippen molar-refractivity contribution in [2.24, 2.45) is 0 Å². The lowest BCUT2D eigenvalue weighted by molar-refractivity contribution is 0.0114. The lowest BCUT2D eigenvalue weighted by atomic mass is 9.98. The maximum Gasteiger partial charge on any atom is 0.391 e. The summed E-state index contributed by atoms with van der Waals surface area (Å²) in [5.41, 5.74) is 7.39. The minimum Gasteiger partial charge on any atom is -0.383 e. The van der Waals surface area contributed by atoms with Crippen molar-refractivity contribution in [2.45, 2.75) is 51.7 Å². The molecule has 0 aliphatic carbocycles. The Bertz CT molecular complexity index is 828. The van der Waals surface area contributed by atoms with Crippen LogP contribution in [0.2, 0.25) is 0 Å². The average Bonchev–Trinajstić information content (AvgIpc) is 2.73. The molecule has 0 radical (unpaired) electrons. The first-order chi connectivity index (χ1) is 14.6. The van der Waals surface area contributed by atoms with Crippen molar-refractivity contribution in [3.05, 3.63) is 108 Å². The van der Waals surface area contributed by atoms with Crippen molar-refractivity contribution in [1.82, 2.24) is 0 Å². The summed E-state index contributed by atoms with van der Waals surface area (Å²) in [4.78, 5) is 0. The lowest BCUT2D eigenvalue weighted by Gasteiger charge is -2.40. The van der Waals surface area contributed by atoms with Crippen LogP contribution in [0.4, 0.5) is 0 Å². The molecule has 0 aliphatic rings. The van der Waals surface area contributed by atoms with Crippen molar-refractivity contribution in [3.63, 3.8) is 0 Å². The Morgan fingerprint density at radius 1 is 0.645 bits per heavy atom. The molecule has 3 heteroatoms. The largest absolute Gasteiger partial charge is 0.391 e. The van der Waals surface area contributed by atoms with Gasteiger partial charge in [0.05, 0.1) is 11.2 Å². The fourth-order valence-corrected chi connectivity index (χ4v) is 6.15. The Hall–Kier alpha value is -2.46. The molecular weight excluding hydrogens is 396 g/mol. The Morgan fingerprint density at radius 2 is 0.968 bits per heavy atom. The molecule has 31 heavy (non-hydrogen) atoms. The first kappa shape index (κ1) is 24.8. The van der Waals surface area contributed by atoms with E-state index in [0.717, 1.165) is 24.0 Å². The van der Waals surface area contributed by atoms with Crippen LogP contribution in [0.25, 0.3) is 12.2 Å². The van der Waals surface area contributed by atoms with E-state index in [9.17, 15) is 0 Å². The topological polar surface area (TPSA) is 18.5 Å². The SMILES string of the molecule is C=Cc1ccc(CC(C)(C)O[Si](C=C)(C=C)OC(C)(C)Cc2ccc(C=C)cc2)cc1. The van der Waals surface area contributed by atoms with Gasteiger partial charge in [-0.25, -0.2) is 0 Å². The Kier molecular flexibility index (Phi) is 8.19. The maximum atomic E-state index is 6.64. The molecule has 0 fully saturated rings. The van der Waals surface area contributed by atoms with Crippen LogP contribution in [-0.4, -0.2) is 19.8 Å². The third-order valence-corrected chi connectivity index (χ3v) is 8.01. The summed E-state index contributed by atoms with van der Waals surface area (Å²) in [5.74, 6) is 0. The monoisotopic (exact) mass is 432 g/mol. The fraction of sp³-hybridized carbons (Fsp3) is 0.286. The average molecular weight is 433 g/mol. The molecule has 0 unspecified atom stereocenters. The zero-order valence-corrected chi connectivity index (χ0v) is 20.5. The minimum absolute atomic E-state index is 0.439. The smallest absolute Gasteiger partial charge is 0.383 e. The van der Waals surface area contributed by atoms with Crippen LogP contribution >= 0.6 is 0 Å². The van der Waals surface area contributed by atoms with Gasteiger partial charge in [-0.2, -0.15) is 0 Å². The van der Waals surface area contributed by atoms with Gasteiger partial charge in [-0.1, -0.05) is 73.8 Å². The summed E-state index contributed by atoms with van der Waals surface area (Å²) < 4.78 is 13.3. The van der Waals surface area contributed by atoms with E-state index in [1.165, 1.54) is 11.1 Å². The molecule has 0 bridgehead atoms. The summed E-state index contributed by atoms with van der Waals surface area (Å²) in [7, 11) is -2.86. The third kappa shape index (κ3) is 7.32. The van der Waals surface area contributed by atoms with Crippen molar-refractivity contribution >= 4 is 20.7 Å². The fourth-order valence-electron chi connectivity index (χ4n) is 3.73. The molecule has 2 rings (SSSR count). The molecule has 0 aromatic heterocycles. The second-order valence-corrected chi connectivity index (χ2v) is 11.8. The van der Waals surface area contributed by atoms with E-state index in [1.54, 1.807) is 0 Å². The highest BCUT2D eigenvalue weighted by molar-refractivity contribution is 6.77. The molecule has 2 aromatic carbocycles. The molecule has 0 spiro atoms. The second-order valence-electron chi connectivity index (χ2n) is 9.10. The number of rotatable bonds is 12. The summed E-state index contributed by atoms with van der Waals surface area (Å²) in [6.07, 6.45) is 5.21. The molecule has 2 nitrogen and oxygen atoms in total. The second kappa shape index (κ2) is 10.2. The predicted molar refractivity (Wildman–Crippen MR) is 137 cm³/mol. The molecule has 0 saturated carbocycles. The van der Waals surface area contributed by atoms with Gasteiger partial charge >= 0.3 is 8.56 Å². The van der Waals surface area contributed by atoms with Gasteiger partial charge in [-0.05, 0) is 74.2 Å². The summed E-state index contributed by atoms with van der Waals surface area (Å²) >= 11 is 0. The summed E-state index contributed by atoms with van der Waals surface area (Å²) in [6, 6.07) is 16.7. The van der Waals surface area contributed by atoms with Gasteiger partial charge in [-0.15, -0.1) is 13.2 Å². The van der Waals surface area contributed by atoms with E-state index in [-0.39, 0.29) is 0 Å². The molecule has 0 saturated heterocycles. The van der Waals surface area contributed by atoms with Crippen LogP contribution < -0.4 is 0 Å². The van der Waals surface area contributed by atoms with Crippen LogP contribution in [0.5, 0.6) is 0 Å². The van der Waals surface area contributed by atoms with Crippen molar-refractivity contribution in [2.75, 3.05) is 0 Å². The van der Waals surface area contributed by atoms with E-state index in [4.69, 9.17) is 8.85 Å². The number of benzene rings is 2. The van der Waals surface area contributed by atoms with Gasteiger partial charge in [0.15, 0.2) is 0 Å². The van der Waals surface area contributed by atoms with Gasteiger partial charge in [0, 0.05) is 0 Å². The van der Waals surface area contributed by atoms with Crippen molar-refractivity contribution in [3.8, 4) is 0 Å². The normalized spacial score (nSPS) is 12.3. The molecular formula is C28H36O2Si. The molecule has 0 N–H and O–H groups in total. The van der Waals surface area contributed by atoms with Crippen molar-refractivity contribution < 1.29 is 8.85 Å². The third-order valence-electron chi connectivity index (χ3n) is 5.13. The molecule has 0 aliphatic heterocycles. The molecule has 0 heterocycles. The van der Waals surface area contributed by atoms with Crippen LogP contribution in [0, 0.1) is 0 Å². The molecule has 164 valence electrons. The molecule has 2 aromatic rings.